The number of rotatable bonds is 5. The van der Waals surface area contributed by atoms with Crippen LogP contribution in [-0.4, -0.2) is 30.2 Å². The summed E-state index contributed by atoms with van der Waals surface area (Å²) >= 11 is 1.10. The first-order valence-electron chi connectivity index (χ1n) is 4.97. The van der Waals surface area contributed by atoms with Gasteiger partial charge in [0.1, 0.15) is 6.54 Å². The van der Waals surface area contributed by atoms with Crippen LogP contribution in [-0.2, 0) is 16.1 Å². The Morgan fingerprint density at radius 3 is 2.88 bits per heavy atom. The second-order valence-electron chi connectivity index (χ2n) is 3.65. The zero-order valence-electron chi connectivity index (χ0n) is 9.65. The predicted octanol–water partition coefficient (Wildman–Crippen LogP) is 0.369. The van der Waals surface area contributed by atoms with Crippen LogP contribution in [0, 0.1) is 6.92 Å². The molecule has 0 spiro atoms. The Kier molecular flexibility index (Phi) is 4.70. The molecule has 0 saturated heterocycles. The van der Waals surface area contributed by atoms with Gasteiger partial charge in [-0.2, -0.15) is 0 Å². The Morgan fingerprint density at radius 2 is 2.38 bits per heavy atom. The number of hydrogen-bond acceptors (Lipinski definition) is 4. The van der Waals surface area contributed by atoms with Crippen molar-refractivity contribution in [2.45, 2.75) is 26.4 Å². The molecule has 16 heavy (non-hydrogen) atoms. The van der Waals surface area contributed by atoms with Gasteiger partial charge in [-0.1, -0.05) is 11.3 Å². The Labute approximate surface area is 98.0 Å². The van der Waals surface area contributed by atoms with Crippen molar-refractivity contribution in [1.82, 2.24) is 9.88 Å². The van der Waals surface area contributed by atoms with E-state index >= 15 is 0 Å². The minimum atomic E-state index is -0.173. The van der Waals surface area contributed by atoms with Crippen LogP contribution in [0.3, 0.4) is 0 Å². The van der Waals surface area contributed by atoms with Gasteiger partial charge in [-0.3, -0.25) is 14.2 Å². The number of ether oxygens (including phenoxy) is 1. The van der Waals surface area contributed by atoms with Crippen molar-refractivity contribution in [3.8, 4) is 0 Å². The summed E-state index contributed by atoms with van der Waals surface area (Å²) in [6, 6.07) is -0.0489. The van der Waals surface area contributed by atoms with E-state index in [0.29, 0.717) is 6.61 Å². The van der Waals surface area contributed by atoms with E-state index in [4.69, 9.17) is 4.74 Å². The third kappa shape index (κ3) is 3.46. The van der Waals surface area contributed by atoms with Crippen LogP contribution in [0.5, 0.6) is 0 Å². The predicted molar refractivity (Wildman–Crippen MR) is 62.8 cm³/mol. The Morgan fingerprint density at radius 1 is 1.69 bits per heavy atom. The number of aromatic nitrogens is 1. The van der Waals surface area contributed by atoms with E-state index in [9.17, 15) is 9.59 Å². The fourth-order valence-electron chi connectivity index (χ4n) is 1.35. The molecule has 5 nitrogen and oxygen atoms in total. The standard InChI is InChI=1S/C10H16N2O3S/c1-7(5-15-3)11-9(13)4-12-8(2)6-16-10(12)14/h6-7H,4-5H2,1-3H3,(H,11,13). The third-order valence-electron chi connectivity index (χ3n) is 2.10. The molecule has 1 N–H and O–H groups in total. The molecule has 0 aliphatic rings. The van der Waals surface area contributed by atoms with Crippen molar-refractivity contribution in [2.75, 3.05) is 13.7 Å². The van der Waals surface area contributed by atoms with Crippen molar-refractivity contribution in [3.05, 3.63) is 20.7 Å². The average Bonchev–Trinajstić information content (AvgIpc) is 2.49. The highest BCUT2D eigenvalue weighted by atomic mass is 32.1. The highest BCUT2D eigenvalue weighted by molar-refractivity contribution is 7.07. The topological polar surface area (TPSA) is 60.3 Å². The lowest BCUT2D eigenvalue weighted by atomic mass is 10.3. The molecular formula is C10H16N2O3S. The number of hydrogen-bond donors (Lipinski definition) is 1. The summed E-state index contributed by atoms with van der Waals surface area (Å²) in [7, 11) is 1.58. The van der Waals surface area contributed by atoms with E-state index in [1.807, 2.05) is 13.8 Å². The summed E-state index contributed by atoms with van der Waals surface area (Å²) < 4.78 is 6.36. The van der Waals surface area contributed by atoms with Crippen LogP contribution in [0.1, 0.15) is 12.6 Å². The first-order valence-corrected chi connectivity index (χ1v) is 5.85. The number of nitrogens with one attached hydrogen (secondary N) is 1. The molecule has 1 unspecified atom stereocenters. The van der Waals surface area contributed by atoms with Crippen LogP contribution < -0.4 is 10.2 Å². The van der Waals surface area contributed by atoms with E-state index < -0.39 is 0 Å². The minimum absolute atomic E-state index is 0.0489. The summed E-state index contributed by atoms with van der Waals surface area (Å²) in [6.07, 6.45) is 0. The number of amides is 1. The fourth-order valence-corrected chi connectivity index (χ4v) is 2.09. The molecule has 1 aromatic rings. The van der Waals surface area contributed by atoms with Gasteiger partial charge in [-0.25, -0.2) is 0 Å². The van der Waals surface area contributed by atoms with Gasteiger partial charge in [-0.05, 0) is 13.8 Å². The van der Waals surface area contributed by atoms with Crippen molar-refractivity contribution in [1.29, 1.82) is 0 Å². The molecule has 0 saturated carbocycles. The zero-order chi connectivity index (χ0) is 12.1. The molecule has 1 aromatic heterocycles. The lowest BCUT2D eigenvalue weighted by molar-refractivity contribution is -0.122. The first kappa shape index (κ1) is 12.9. The third-order valence-corrected chi connectivity index (χ3v) is 2.98. The van der Waals surface area contributed by atoms with Gasteiger partial charge in [-0.15, -0.1) is 0 Å². The van der Waals surface area contributed by atoms with E-state index in [1.165, 1.54) is 4.57 Å². The molecule has 0 bridgehead atoms. The fraction of sp³-hybridized carbons (Fsp3) is 0.600. The normalized spacial score (nSPS) is 12.4. The number of nitrogens with zero attached hydrogens (tertiary/aromatic N) is 1. The lowest BCUT2D eigenvalue weighted by Gasteiger charge is -2.13. The van der Waals surface area contributed by atoms with E-state index in [-0.39, 0.29) is 23.4 Å². The van der Waals surface area contributed by atoms with Gasteiger partial charge in [0.2, 0.25) is 5.91 Å². The molecule has 90 valence electrons. The maximum Gasteiger partial charge on any atom is 0.307 e. The smallest absolute Gasteiger partial charge is 0.307 e. The second kappa shape index (κ2) is 5.81. The summed E-state index contributed by atoms with van der Waals surface area (Å²) in [4.78, 5) is 22.8. The van der Waals surface area contributed by atoms with Gasteiger partial charge in [0.25, 0.3) is 0 Å². The number of carbonyl (C=O) groups is 1. The highest BCUT2D eigenvalue weighted by Gasteiger charge is 2.10. The van der Waals surface area contributed by atoms with Gasteiger partial charge in [0.05, 0.1) is 6.61 Å². The number of thiazole rings is 1. The van der Waals surface area contributed by atoms with Crippen molar-refractivity contribution >= 4 is 17.2 Å². The Balaban J connectivity index is 2.55. The molecule has 1 heterocycles. The van der Waals surface area contributed by atoms with Crippen molar-refractivity contribution < 1.29 is 9.53 Å². The molecule has 1 atom stereocenters. The molecule has 1 amide bonds. The molecular weight excluding hydrogens is 228 g/mol. The van der Waals surface area contributed by atoms with Gasteiger partial charge < -0.3 is 10.1 Å². The van der Waals surface area contributed by atoms with Crippen LogP contribution >= 0.6 is 11.3 Å². The summed E-state index contributed by atoms with van der Waals surface area (Å²) in [5, 5.41) is 4.50. The zero-order valence-corrected chi connectivity index (χ0v) is 10.5. The summed E-state index contributed by atoms with van der Waals surface area (Å²) in [5.41, 5.74) is 0.810. The van der Waals surface area contributed by atoms with E-state index in [2.05, 4.69) is 5.32 Å². The second-order valence-corrected chi connectivity index (χ2v) is 4.47. The van der Waals surface area contributed by atoms with E-state index in [1.54, 1.807) is 12.5 Å². The van der Waals surface area contributed by atoms with Crippen LogP contribution in [0.15, 0.2) is 10.2 Å². The Hall–Kier alpha value is -1.14. The van der Waals surface area contributed by atoms with Gasteiger partial charge >= 0.3 is 4.87 Å². The maximum absolute atomic E-state index is 11.6. The average molecular weight is 244 g/mol. The monoisotopic (exact) mass is 244 g/mol. The van der Waals surface area contributed by atoms with Crippen LogP contribution in [0.2, 0.25) is 0 Å². The molecule has 0 fully saturated rings. The molecule has 6 heteroatoms. The first-order chi connectivity index (χ1) is 7.54. The highest BCUT2D eigenvalue weighted by Crippen LogP contribution is 1.99. The molecule has 0 aliphatic carbocycles. The van der Waals surface area contributed by atoms with Gasteiger partial charge in [0, 0.05) is 24.2 Å². The summed E-state index contributed by atoms with van der Waals surface area (Å²) in [6.45, 7) is 4.19. The van der Waals surface area contributed by atoms with Crippen LogP contribution in [0.25, 0.3) is 0 Å². The lowest BCUT2D eigenvalue weighted by Crippen LogP contribution is -2.39. The molecule has 0 radical (unpaired) electrons. The van der Waals surface area contributed by atoms with E-state index in [0.717, 1.165) is 17.0 Å². The number of methoxy groups -OCH3 is 1. The molecule has 0 aromatic carbocycles. The van der Waals surface area contributed by atoms with Crippen molar-refractivity contribution in [2.24, 2.45) is 0 Å². The van der Waals surface area contributed by atoms with Gasteiger partial charge in [0.15, 0.2) is 0 Å². The number of carbonyl (C=O) groups excluding carboxylic acids is 1. The largest absolute Gasteiger partial charge is 0.383 e. The SMILES string of the molecule is COCC(C)NC(=O)Cn1c(C)csc1=O. The molecule has 1 rings (SSSR count). The quantitative estimate of drug-likeness (QED) is 0.814. The minimum Gasteiger partial charge on any atom is -0.383 e. The summed E-state index contributed by atoms with van der Waals surface area (Å²) in [5.74, 6) is -0.173. The van der Waals surface area contributed by atoms with Crippen LogP contribution in [0.4, 0.5) is 0 Å². The maximum atomic E-state index is 11.6. The number of aryl methyl sites for hydroxylation is 1. The Bertz CT molecular complexity index is 410. The van der Waals surface area contributed by atoms with Crippen molar-refractivity contribution in [3.63, 3.8) is 0 Å². The molecule has 0 aliphatic heterocycles.